The molecule has 2 aromatic rings. The van der Waals surface area contributed by atoms with Crippen LogP contribution in [-0.4, -0.2) is 55.2 Å². The van der Waals surface area contributed by atoms with Crippen molar-refractivity contribution in [3.05, 3.63) is 24.6 Å². The van der Waals surface area contributed by atoms with Crippen molar-refractivity contribution in [1.29, 1.82) is 0 Å². The number of rotatable bonds is 3. The first-order valence-corrected chi connectivity index (χ1v) is 8.74. The van der Waals surface area contributed by atoms with E-state index < -0.39 is 0 Å². The summed E-state index contributed by atoms with van der Waals surface area (Å²) in [6, 6.07) is 3.87. The summed E-state index contributed by atoms with van der Waals surface area (Å²) in [5.74, 6) is 1.76. The van der Waals surface area contributed by atoms with Crippen molar-refractivity contribution in [2.75, 3.05) is 44.3 Å². The van der Waals surface area contributed by atoms with Gasteiger partial charge in [0.25, 0.3) is 0 Å². The molecule has 0 bridgehead atoms. The van der Waals surface area contributed by atoms with Crippen LogP contribution in [-0.2, 0) is 9.53 Å². The minimum atomic E-state index is 0.284. The smallest absolute Gasteiger partial charge is 0.223 e. The van der Waals surface area contributed by atoms with Crippen LogP contribution in [0.3, 0.4) is 0 Å². The molecule has 2 fully saturated rings. The van der Waals surface area contributed by atoms with E-state index >= 15 is 0 Å². The molecule has 0 N–H and O–H groups in total. The van der Waals surface area contributed by atoms with E-state index in [-0.39, 0.29) is 5.91 Å². The Morgan fingerprint density at radius 2 is 1.96 bits per heavy atom. The average molecular weight is 329 g/mol. The average Bonchev–Trinajstić information content (AvgIpc) is 3.12. The number of nitrogens with zero attached hydrogens (tertiary/aromatic N) is 3. The summed E-state index contributed by atoms with van der Waals surface area (Å²) >= 11 is 0. The fraction of sp³-hybridized carbons (Fsp3) is 0.556. The van der Waals surface area contributed by atoms with Gasteiger partial charge in [-0.05, 0) is 30.9 Å². The normalized spacial score (nSPS) is 19.8. The van der Waals surface area contributed by atoms with E-state index in [4.69, 9.17) is 9.15 Å². The largest absolute Gasteiger partial charge is 0.464 e. The molecule has 24 heavy (non-hydrogen) atoms. The van der Waals surface area contributed by atoms with Gasteiger partial charge in [-0.15, -0.1) is 0 Å². The highest BCUT2D eigenvalue weighted by Gasteiger charge is 2.26. The van der Waals surface area contributed by atoms with Gasteiger partial charge in [0.15, 0.2) is 0 Å². The lowest BCUT2D eigenvalue weighted by molar-refractivity contribution is -0.136. The lowest BCUT2D eigenvalue weighted by Gasteiger charge is -2.34. The summed E-state index contributed by atoms with van der Waals surface area (Å²) in [4.78, 5) is 21.2. The van der Waals surface area contributed by atoms with Gasteiger partial charge >= 0.3 is 0 Å². The Morgan fingerprint density at radius 1 is 1.17 bits per heavy atom. The van der Waals surface area contributed by atoms with Gasteiger partial charge in [0.1, 0.15) is 11.4 Å². The molecular formula is C18H23N3O3. The highest BCUT2D eigenvalue weighted by atomic mass is 16.5. The van der Waals surface area contributed by atoms with Crippen LogP contribution >= 0.6 is 0 Å². The molecule has 6 heteroatoms. The van der Waals surface area contributed by atoms with E-state index in [2.05, 4.69) is 9.88 Å². The van der Waals surface area contributed by atoms with E-state index in [1.54, 1.807) is 12.5 Å². The maximum absolute atomic E-state index is 12.4. The molecule has 2 saturated heterocycles. The third kappa shape index (κ3) is 3.11. The predicted molar refractivity (Wildman–Crippen MR) is 91.0 cm³/mol. The quantitative estimate of drug-likeness (QED) is 0.865. The monoisotopic (exact) mass is 329 g/mol. The molecule has 4 heterocycles. The van der Waals surface area contributed by atoms with Gasteiger partial charge in [0, 0.05) is 38.8 Å². The number of morpholine rings is 1. The summed E-state index contributed by atoms with van der Waals surface area (Å²) < 4.78 is 10.8. The van der Waals surface area contributed by atoms with Crippen LogP contribution in [0.1, 0.15) is 19.3 Å². The van der Waals surface area contributed by atoms with E-state index in [9.17, 15) is 4.79 Å². The van der Waals surface area contributed by atoms with Crippen LogP contribution in [0.4, 0.5) is 5.82 Å². The molecular weight excluding hydrogens is 306 g/mol. The third-order valence-electron chi connectivity index (χ3n) is 5.10. The number of aromatic nitrogens is 1. The number of ether oxygens (including phenoxy) is 1. The zero-order valence-electron chi connectivity index (χ0n) is 13.8. The topological polar surface area (TPSA) is 58.8 Å². The van der Waals surface area contributed by atoms with Crippen molar-refractivity contribution < 1.29 is 13.9 Å². The number of anilines is 1. The van der Waals surface area contributed by atoms with Crippen molar-refractivity contribution in [2.24, 2.45) is 5.92 Å². The van der Waals surface area contributed by atoms with Crippen LogP contribution in [0.2, 0.25) is 0 Å². The van der Waals surface area contributed by atoms with Crippen LogP contribution in [0.5, 0.6) is 0 Å². The molecule has 2 aliphatic heterocycles. The zero-order valence-corrected chi connectivity index (χ0v) is 13.8. The predicted octanol–water partition coefficient (Wildman–Crippen LogP) is 2.29. The molecule has 128 valence electrons. The Bertz CT molecular complexity index is 700. The van der Waals surface area contributed by atoms with Crippen LogP contribution in [0, 0.1) is 5.92 Å². The Morgan fingerprint density at radius 3 is 2.75 bits per heavy atom. The highest BCUT2D eigenvalue weighted by molar-refractivity contribution is 5.88. The minimum Gasteiger partial charge on any atom is -0.464 e. The van der Waals surface area contributed by atoms with Crippen molar-refractivity contribution in [2.45, 2.75) is 19.3 Å². The fourth-order valence-corrected chi connectivity index (χ4v) is 3.67. The SMILES string of the molecule is O=C(CC1CCN(c2nccc3occc23)CC1)N1CCOCC1. The summed E-state index contributed by atoms with van der Waals surface area (Å²) in [6.45, 7) is 4.71. The van der Waals surface area contributed by atoms with Crippen molar-refractivity contribution in [3.8, 4) is 0 Å². The maximum atomic E-state index is 12.4. The number of amides is 1. The molecule has 2 aromatic heterocycles. The fourth-order valence-electron chi connectivity index (χ4n) is 3.67. The highest BCUT2D eigenvalue weighted by Crippen LogP contribution is 2.30. The standard InChI is InChI=1S/C18H23N3O3/c22-17(20-8-11-23-12-9-20)13-14-2-6-21(7-3-14)18-15-4-10-24-16(15)1-5-19-18/h1,4-5,10,14H,2-3,6-9,11-13H2. The molecule has 4 rings (SSSR count). The molecule has 0 atom stereocenters. The van der Waals surface area contributed by atoms with Gasteiger partial charge in [-0.25, -0.2) is 4.98 Å². The third-order valence-corrected chi connectivity index (χ3v) is 5.10. The molecule has 0 saturated carbocycles. The van der Waals surface area contributed by atoms with Gasteiger partial charge in [0.2, 0.25) is 5.91 Å². The Kier molecular flexibility index (Phi) is 4.38. The maximum Gasteiger partial charge on any atom is 0.223 e. The Labute approximate surface area is 141 Å². The Balaban J connectivity index is 1.35. The number of fused-ring (bicyclic) bond motifs is 1. The molecule has 0 spiro atoms. The molecule has 0 aliphatic carbocycles. The van der Waals surface area contributed by atoms with Crippen molar-refractivity contribution in [3.63, 3.8) is 0 Å². The first-order valence-electron chi connectivity index (χ1n) is 8.74. The molecule has 2 aliphatic rings. The number of furan rings is 1. The number of pyridine rings is 1. The molecule has 6 nitrogen and oxygen atoms in total. The molecule has 0 unspecified atom stereocenters. The van der Waals surface area contributed by atoms with E-state index in [1.165, 1.54) is 0 Å². The van der Waals surface area contributed by atoms with Gasteiger partial charge in [-0.1, -0.05) is 0 Å². The van der Waals surface area contributed by atoms with Gasteiger partial charge in [0.05, 0.1) is 24.9 Å². The lowest BCUT2D eigenvalue weighted by atomic mass is 9.92. The summed E-state index contributed by atoms with van der Waals surface area (Å²) in [5, 5.41) is 1.07. The van der Waals surface area contributed by atoms with Gasteiger partial charge in [-0.3, -0.25) is 4.79 Å². The summed E-state index contributed by atoms with van der Waals surface area (Å²) in [6.07, 6.45) is 6.24. The molecule has 0 radical (unpaired) electrons. The van der Waals surface area contributed by atoms with E-state index in [0.29, 0.717) is 25.6 Å². The second kappa shape index (κ2) is 6.81. The number of carbonyl (C=O) groups is 1. The van der Waals surface area contributed by atoms with E-state index in [1.807, 2.05) is 17.0 Å². The molecule has 0 aromatic carbocycles. The summed E-state index contributed by atoms with van der Waals surface area (Å²) in [5.41, 5.74) is 0.879. The van der Waals surface area contributed by atoms with Crippen LogP contribution < -0.4 is 4.90 Å². The zero-order chi connectivity index (χ0) is 16.4. The van der Waals surface area contributed by atoms with Crippen molar-refractivity contribution in [1.82, 2.24) is 9.88 Å². The lowest BCUT2D eigenvalue weighted by Crippen LogP contribution is -2.42. The van der Waals surface area contributed by atoms with Crippen LogP contribution in [0.15, 0.2) is 29.0 Å². The Hall–Kier alpha value is -2.08. The number of carbonyl (C=O) groups excluding carboxylic acids is 1. The molecule has 1 amide bonds. The number of piperidine rings is 1. The van der Waals surface area contributed by atoms with Crippen molar-refractivity contribution >= 4 is 22.7 Å². The second-order valence-electron chi connectivity index (χ2n) is 6.59. The first kappa shape index (κ1) is 15.4. The van der Waals surface area contributed by atoms with E-state index in [0.717, 1.165) is 55.8 Å². The van der Waals surface area contributed by atoms with Gasteiger partial charge in [-0.2, -0.15) is 0 Å². The number of hydrogen-bond acceptors (Lipinski definition) is 5. The second-order valence-corrected chi connectivity index (χ2v) is 6.59. The first-order chi connectivity index (χ1) is 11.8. The van der Waals surface area contributed by atoms with Crippen LogP contribution in [0.25, 0.3) is 11.0 Å². The number of hydrogen-bond donors (Lipinski definition) is 0. The minimum absolute atomic E-state index is 0.284. The van der Waals surface area contributed by atoms with Gasteiger partial charge < -0.3 is 19.0 Å². The summed E-state index contributed by atoms with van der Waals surface area (Å²) in [7, 11) is 0.